The van der Waals surface area contributed by atoms with E-state index in [2.05, 4.69) is 15.3 Å². The Hall–Kier alpha value is -1.67. The van der Waals surface area contributed by atoms with Crippen LogP contribution in [-0.4, -0.2) is 41.0 Å². The van der Waals surface area contributed by atoms with Gasteiger partial charge in [-0.25, -0.2) is 9.97 Å². The van der Waals surface area contributed by atoms with Crippen LogP contribution in [0.4, 0.5) is 0 Å². The largest absolute Gasteiger partial charge is 0.462 e. The summed E-state index contributed by atoms with van der Waals surface area (Å²) in [5.74, 6) is -0.283. The molecule has 142 valence electrons. The van der Waals surface area contributed by atoms with E-state index in [9.17, 15) is 4.79 Å². The van der Waals surface area contributed by atoms with Crippen LogP contribution in [0, 0.1) is 0 Å². The third-order valence-electron chi connectivity index (χ3n) is 3.79. The zero-order valence-electron chi connectivity index (χ0n) is 15.0. The van der Waals surface area contributed by atoms with Gasteiger partial charge in [-0.3, -0.25) is 4.79 Å². The normalized spacial score (nSPS) is 12.3. The number of hydrogen-bond donors (Lipinski definition) is 0. The molecule has 0 bridgehead atoms. The highest BCUT2D eigenvalue weighted by atomic mass is 35.5. The molecule has 0 N–H and O–H groups in total. The molecule has 0 aliphatic heterocycles. The van der Waals surface area contributed by atoms with Crippen molar-refractivity contribution in [1.82, 2.24) is 9.97 Å². The molecule has 2 aromatic heterocycles. The second kappa shape index (κ2) is 9.50. The zero-order chi connectivity index (χ0) is 19.2. The predicted molar refractivity (Wildman–Crippen MR) is 111 cm³/mol. The molecule has 0 radical (unpaired) electrons. The second-order valence-electron chi connectivity index (χ2n) is 5.64. The molecule has 0 aliphatic rings. The maximum Gasteiger partial charge on any atom is 0.319 e. The lowest BCUT2D eigenvalue weighted by Crippen LogP contribution is -2.19. The minimum atomic E-state index is -0.386. The molecular weight excluding hydrogens is 404 g/mol. The fourth-order valence-corrected chi connectivity index (χ4v) is 4.50. The van der Waals surface area contributed by atoms with Crippen molar-refractivity contribution in [2.75, 3.05) is 19.8 Å². The van der Waals surface area contributed by atoms with E-state index in [1.165, 1.54) is 18.1 Å². The summed E-state index contributed by atoms with van der Waals surface area (Å²) < 4.78 is 10.4. The van der Waals surface area contributed by atoms with Crippen molar-refractivity contribution in [2.24, 2.45) is 0 Å². The van der Waals surface area contributed by atoms with Crippen molar-refractivity contribution in [3.63, 3.8) is 0 Å². The molecule has 1 aromatic carbocycles. The van der Waals surface area contributed by atoms with Crippen LogP contribution < -0.4 is 0 Å². The van der Waals surface area contributed by atoms with Crippen LogP contribution in [0.3, 0.4) is 0 Å². The molecule has 0 fully saturated rings. The molecule has 27 heavy (non-hydrogen) atoms. The smallest absolute Gasteiger partial charge is 0.319 e. The Morgan fingerprint density at radius 3 is 2.78 bits per heavy atom. The number of carbonyl (C=O) groups is 1. The van der Waals surface area contributed by atoms with E-state index in [1.807, 2.05) is 38.1 Å². The third kappa shape index (κ3) is 4.99. The monoisotopic (exact) mass is 422 g/mol. The zero-order valence-corrected chi connectivity index (χ0v) is 17.4. The van der Waals surface area contributed by atoms with Gasteiger partial charge in [-0.1, -0.05) is 35.5 Å². The number of hydrogen-bond acceptors (Lipinski definition) is 7. The van der Waals surface area contributed by atoms with Gasteiger partial charge in [0, 0.05) is 22.6 Å². The number of nitrogens with zero attached hydrogens (tertiary/aromatic N) is 2. The number of rotatable bonds is 8. The topological polar surface area (TPSA) is 61.3 Å². The Bertz CT molecular complexity index is 915. The van der Waals surface area contributed by atoms with Crippen LogP contribution in [0.15, 0.2) is 41.0 Å². The van der Waals surface area contributed by atoms with Crippen molar-refractivity contribution < 1.29 is 14.3 Å². The van der Waals surface area contributed by atoms with E-state index in [0.29, 0.717) is 18.2 Å². The van der Waals surface area contributed by atoms with E-state index in [-0.39, 0.29) is 17.8 Å². The van der Waals surface area contributed by atoms with Crippen LogP contribution in [-0.2, 0) is 14.3 Å². The van der Waals surface area contributed by atoms with Crippen molar-refractivity contribution in [3.8, 4) is 11.1 Å². The summed E-state index contributed by atoms with van der Waals surface area (Å²) in [6.45, 7) is 4.98. The van der Waals surface area contributed by atoms with Gasteiger partial charge in [0.25, 0.3) is 0 Å². The summed E-state index contributed by atoms with van der Waals surface area (Å²) in [6, 6.07) is 7.65. The van der Waals surface area contributed by atoms with E-state index < -0.39 is 0 Å². The summed E-state index contributed by atoms with van der Waals surface area (Å²) in [5, 5.41) is 4.07. The molecule has 0 aliphatic carbocycles. The molecule has 0 saturated carbocycles. The van der Waals surface area contributed by atoms with E-state index in [0.717, 1.165) is 26.4 Å². The van der Waals surface area contributed by atoms with Gasteiger partial charge in [0.1, 0.15) is 28.0 Å². The van der Waals surface area contributed by atoms with Crippen molar-refractivity contribution >= 4 is 50.9 Å². The molecule has 0 amide bonds. The Morgan fingerprint density at radius 1 is 1.26 bits per heavy atom. The predicted octanol–water partition coefficient (Wildman–Crippen LogP) is 5.07. The molecule has 0 saturated heterocycles. The summed E-state index contributed by atoms with van der Waals surface area (Å²) in [5.41, 5.74) is 2.07. The Kier molecular flexibility index (Phi) is 7.07. The number of halogens is 1. The minimum absolute atomic E-state index is 0.255. The Morgan fingerprint density at radius 2 is 2.04 bits per heavy atom. The van der Waals surface area contributed by atoms with E-state index in [4.69, 9.17) is 21.1 Å². The summed E-state index contributed by atoms with van der Waals surface area (Å²) in [4.78, 5) is 21.9. The highest BCUT2D eigenvalue weighted by Crippen LogP contribution is 2.39. The Labute approximate surface area is 171 Å². The first-order valence-corrected chi connectivity index (χ1v) is 10.6. The number of ether oxygens (including phenoxy) is 2. The maximum atomic E-state index is 12.2. The molecule has 3 aromatic rings. The van der Waals surface area contributed by atoms with Gasteiger partial charge in [0.15, 0.2) is 0 Å². The number of thioether (sulfide) groups is 1. The van der Waals surface area contributed by atoms with Crippen LogP contribution in [0.2, 0.25) is 5.02 Å². The molecule has 0 spiro atoms. The highest BCUT2D eigenvalue weighted by Gasteiger charge is 2.20. The molecule has 2 heterocycles. The molecule has 1 unspecified atom stereocenters. The molecular formula is C19H19ClN2O3S2. The number of fused-ring (bicyclic) bond motifs is 1. The van der Waals surface area contributed by atoms with Crippen molar-refractivity contribution in [3.05, 3.63) is 41.0 Å². The maximum absolute atomic E-state index is 12.2. The first kappa shape index (κ1) is 20.1. The molecule has 3 rings (SSSR count). The van der Waals surface area contributed by atoms with Crippen molar-refractivity contribution in [2.45, 2.75) is 24.1 Å². The fraction of sp³-hybridized carbons (Fsp3) is 0.316. The van der Waals surface area contributed by atoms with Crippen LogP contribution in [0.5, 0.6) is 0 Å². The van der Waals surface area contributed by atoms with Gasteiger partial charge in [-0.2, -0.15) is 0 Å². The average molecular weight is 423 g/mol. The lowest BCUT2D eigenvalue weighted by Gasteiger charge is -2.12. The summed E-state index contributed by atoms with van der Waals surface area (Å²) in [6.07, 6.45) is 1.53. The molecule has 1 atom stereocenters. The first-order valence-electron chi connectivity index (χ1n) is 8.49. The quantitative estimate of drug-likeness (QED) is 0.218. The van der Waals surface area contributed by atoms with Crippen LogP contribution in [0.1, 0.15) is 13.8 Å². The van der Waals surface area contributed by atoms with Crippen LogP contribution >= 0.6 is 34.7 Å². The van der Waals surface area contributed by atoms with Gasteiger partial charge in [0.2, 0.25) is 0 Å². The van der Waals surface area contributed by atoms with Gasteiger partial charge in [-0.15, -0.1) is 11.3 Å². The highest BCUT2D eigenvalue weighted by molar-refractivity contribution is 8.00. The van der Waals surface area contributed by atoms with Gasteiger partial charge in [-0.05, 0) is 31.5 Å². The number of carbonyl (C=O) groups excluding carboxylic acids is 1. The minimum Gasteiger partial charge on any atom is -0.462 e. The van der Waals surface area contributed by atoms with Gasteiger partial charge >= 0.3 is 5.97 Å². The van der Waals surface area contributed by atoms with E-state index in [1.54, 1.807) is 11.3 Å². The average Bonchev–Trinajstić information content (AvgIpc) is 3.11. The molecule has 5 nitrogen and oxygen atoms in total. The fourth-order valence-electron chi connectivity index (χ4n) is 2.46. The lowest BCUT2D eigenvalue weighted by molar-refractivity contribution is -0.144. The van der Waals surface area contributed by atoms with Gasteiger partial charge in [0.05, 0.1) is 12.0 Å². The van der Waals surface area contributed by atoms with E-state index >= 15 is 0 Å². The number of aromatic nitrogens is 2. The molecule has 8 heteroatoms. The Balaban J connectivity index is 1.81. The first-order chi connectivity index (χ1) is 13.1. The number of esters is 1. The summed E-state index contributed by atoms with van der Waals surface area (Å²) in [7, 11) is 0. The lowest BCUT2D eigenvalue weighted by atomic mass is 10.1. The SMILES string of the molecule is CCOCCOC(=O)C(C)Sc1ncnc2scc(-c3ccc(Cl)cc3)c12. The standard InChI is InChI=1S/C19H19ClN2O3S2/c1-3-24-8-9-25-19(23)12(2)27-18-16-15(10-26-17(16)21-11-22-18)13-4-6-14(20)7-5-13/h4-7,10-12H,3,8-9H2,1-2H3. The van der Waals surface area contributed by atoms with Crippen LogP contribution in [0.25, 0.3) is 21.3 Å². The summed E-state index contributed by atoms with van der Waals surface area (Å²) >= 11 is 8.93. The number of thiophene rings is 1. The second-order valence-corrected chi connectivity index (χ2v) is 8.26. The number of benzene rings is 1. The van der Waals surface area contributed by atoms with Crippen molar-refractivity contribution in [1.29, 1.82) is 0 Å². The third-order valence-corrected chi connectivity index (χ3v) is 6.00. The van der Waals surface area contributed by atoms with Gasteiger partial charge < -0.3 is 9.47 Å².